The molecule has 0 aliphatic heterocycles. The van der Waals surface area contributed by atoms with Crippen molar-refractivity contribution in [2.45, 2.75) is 64.7 Å². The number of carbonyl (C=O) groups excluding carboxylic acids is 1. The number of methoxy groups -OCH3 is 1. The predicted octanol–water partition coefficient (Wildman–Crippen LogP) is 6.14. The highest BCUT2D eigenvalue weighted by Gasteiger charge is 2.34. The zero-order chi connectivity index (χ0) is 21.9. The highest BCUT2D eigenvalue weighted by molar-refractivity contribution is 5.69. The Morgan fingerprint density at radius 2 is 1.90 bits per heavy atom. The molecule has 0 amide bonds. The van der Waals surface area contributed by atoms with E-state index in [1.165, 1.54) is 18.7 Å². The summed E-state index contributed by atoms with van der Waals surface area (Å²) in [5.74, 6) is 0.617. The van der Waals surface area contributed by atoms with Crippen molar-refractivity contribution in [1.29, 1.82) is 0 Å². The molecule has 0 bridgehead atoms. The van der Waals surface area contributed by atoms with Gasteiger partial charge in [-0.1, -0.05) is 25.1 Å². The summed E-state index contributed by atoms with van der Waals surface area (Å²) in [6.45, 7) is 3.89. The summed E-state index contributed by atoms with van der Waals surface area (Å²) in [5.41, 5.74) is 3.20. The standard InChI is InChI=1S/C24H27F3O3/c1-4-16-13-19(18-8-9-18)22(12-15(16)2)30-14-20-17(10-11-23(28)29-3)6-5-7-21(20)24(25,26)27/h5-7,12-13,18H,4,8-11,14H2,1-3H3. The molecule has 3 rings (SSSR count). The van der Waals surface area contributed by atoms with E-state index in [0.717, 1.165) is 36.5 Å². The largest absolute Gasteiger partial charge is 0.489 e. The Labute approximate surface area is 175 Å². The van der Waals surface area contributed by atoms with Crippen LogP contribution in [0.15, 0.2) is 30.3 Å². The number of ether oxygens (including phenoxy) is 2. The van der Waals surface area contributed by atoms with Gasteiger partial charge in [0.2, 0.25) is 0 Å². The minimum atomic E-state index is -4.50. The van der Waals surface area contributed by atoms with Crippen LogP contribution in [-0.4, -0.2) is 13.1 Å². The number of esters is 1. The number of halogens is 3. The van der Waals surface area contributed by atoms with E-state index in [0.29, 0.717) is 17.2 Å². The van der Waals surface area contributed by atoms with Crippen LogP contribution >= 0.6 is 0 Å². The molecule has 30 heavy (non-hydrogen) atoms. The molecule has 1 aliphatic carbocycles. The number of hydrogen-bond donors (Lipinski definition) is 0. The van der Waals surface area contributed by atoms with Gasteiger partial charge in [-0.05, 0) is 72.9 Å². The van der Waals surface area contributed by atoms with Crippen LogP contribution in [-0.2, 0) is 35.2 Å². The fraction of sp³-hybridized carbons (Fsp3) is 0.458. The first-order valence-electron chi connectivity index (χ1n) is 10.3. The van der Waals surface area contributed by atoms with Gasteiger partial charge in [-0.15, -0.1) is 0 Å². The van der Waals surface area contributed by atoms with Gasteiger partial charge in [0, 0.05) is 12.0 Å². The van der Waals surface area contributed by atoms with Crippen molar-refractivity contribution in [3.8, 4) is 5.75 Å². The fourth-order valence-electron chi connectivity index (χ4n) is 3.76. The summed E-state index contributed by atoms with van der Waals surface area (Å²) in [7, 11) is 1.26. The fourth-order valence-corrected chi connectivity index (χ4v) is 3.76. The lowest BCUT2D eigenvalue weighted by molar-refractivity contribution is -0.140. The lowest BCUT2D eigenvalue weighted by atomic mass is 9.97. The van der Waals surface area contributed by atoms with Gasteiger partial charge in [-0.25, -0.2) is 0 Å². The smallest absolute Gasteiger partial charge is 0.416 e. The Morgan fingerprint density at radius 3 is 2.50 bits per heavy atom. The third-order valence-corrected chi connectivity index (χ3v) is 5.64. The number of alkyl halides is 3. The first kappa shape index (κ1) is 22.2. The van der Waals surface area contributed by atoms with Crippen LogP contribution in [0, 0.1) is 6.92 Å². The Morgan fingerprint density at radius 1 is 1.17 bits per heavy atom. The molecule has 1 aliphatic rings. The molecule has 0 N–H and O–H groups in total. The molecule has 0 radical (unpaired) electrons. The van der Waals surface area contributed by atoms with Crippen LogP contribution in [0.2, 0.25) is 0 Å². The van der Waals surface area contributed by atoms with Crippen LogP contribution in [0.5, 0.6) is 5.75 Å². The molecule has 0 heterocycles. The number of aryl methyl sites for hydroxylation is 3. The molecular weight excluding hydrogens is 393 g/mol. The van der Waals surface area contributed by atoms with E-state index in [2.05, 4.69) is 17.7 Å². The van der Waals surface area contributed by atoms with Gasteiger partial charge in [0.15, 0.2) is 0 Å². The van der Waals surface area contributed by atoms with Crippen molar-refractivity contribution < 1.29 is 27.4 Å². The van der Waals surface area contributed by atoms with Gasteiger partial charge in [-0.2, -0.15) is 13.2 Å². The van der Waals surface area contributed by atoms with Crippen molar-refractivity contribution in [2.75, 3.05) is 7.11 Å². The van der Waals surface area contributed by atoms with Crippen LogP contribution in [0.25, 0.3) is 0 Å². The van der Waals surface area contributed by atoms with Crippen LogP contribution in [0.4, 0.5) is 13.2 Å². The maximum absolute atomic E-state index is 13.7. The second-order valence-electron chi connectivity index (χ2n) is 7.75. The van der Waals surface area contributed by atoms with E-state index in [4.69, 9.17) is 4.74 Å². The predicted molar refractivity (Wildman–Crippen MR) is 109 cm³/mol. The molecule has 6 heteroatoms. The normalized spacial score (nSPS) is 13.9. The van der Waals surface area contributed by atoms with Crippen molar-refractivity contribution >= 4 is 5.97 Å². The van der Waals surface area contributed by atoms with Crippen molar-refractivity contribution in [1.82, 2.24) is 0 Å². The van der Waals surface area contributed by atoms with Gasteiger partial charge >= 0.3 is 12.1 Å². The summed E-state index contributed by atoms with van der Waals surface area (Å²) in [6, 6.07) is 8.12. The summed E-state index contributed by atoms with van der Waals surface area (Å²) < 4.78 is 51.6. The minimum Gasteiger partial charge on any atom is -0.489 e. The highest BCUT2D eigenvalue weighted by atomic mass is 19.4. The molecule has 162 valence electrons. The third-order valence-electron chi connectivity index (χ3n) is 5.64. The zero-order valence-electron chi connectivity index (χ0n) is 17.6. The average Bonchev–Trinajstić information content (AvgIpc) is 3.55. The van der Waals surface area contributed by atoms with Gasteiger partial charge in [-0.3, -0.25) is 4.79 Å². The summed E-state index contributed by atoms with van der Waals surface area (Å²) >= 11 is 0. The highest BCUT2D eigenvalue weighted by Crippen LogP contribution is 2.45. The summed E-state index contributed by atoms with van der Waals surface area (Å²) in [5, 5.41) is 0. The first-order chi connectivity index (χ1) is 14.2. The second kappa shape index (κ2) is 9.11. The summed E-state index contributed by atoms with van der Waals surface area (Å²) in [6.07, 6.45) is -1.26. The zero-order valence-corrected chi connectivity index (χ0v) is 17.6. The van der Waals surface area contributed by atoms with Crippen LogP contribution < -0.4 is 4.74 Å². The van der Waals surface area contributed by atoms with Crippen LogP contribution in [0.1, 0.15) is 65.5 Å². The van der Waals surface area contributed by atoms with E-state index >= 15 is 0 Å². The molecule has 0 spiro atoms. The molecule has 1 saturated carbocycles. The monoisotopic (exact) mass is 420 g/mol. The van der Waals surface area contributed by atoms with Crippen LogP contribution in [0.3, 0.4) is 0 Å². The van der Waals surface area contributed by atoms with E-state index in [1.807, 2.05) is 13.0 Å². The number of rotatable bonds is 8. The SMILES string of the molecule is CCc1cc(C2CC2)c(OCc2c(CCC(=O)OC)cccc2C(F)(F)F)cc1C. The number of hydrogen-bond acceptors (Lipinski definition) is 3. The molecule has 2 aromatic carbocycles. The Balaban J connectivity index is 1.92. The Bertz CT molecular complexity index is 915. The van der Waals surface area contributed by atoms with Gasteiger partial charge < -0.3 is 9.47 Å². The molecule has 0 unspecified atom stereocenters. The van der Waals surface area contributed by atoms with Crippen molar-refractivity contribution in [2.24, 2.45) is 0 Å². The lowest BCUT2D eigenvalue weighted by Gasteiger charge is -2.19. The number of benzene rings is 2. The molecule has 1 fully saturated rings. The molecule has 2 aromatic rings. The van der Waals surface area contributed by atoms with Crippen molar-refractivity contribution in [3.63, 3.8) is 0 Å². The lowest BCUT2D eigenvalue weighted by Crippen LogP contribution is -2.14. The second-order valence-corrected chi connectivity index (χ2v) is 7.75. The van der Waals surface area contributed by atoms with E-state index in [9.17, 15) is 18.0 Å². The van der Waals surface area contributed by atoms with Gasteiger partial charge in [0.05, 0.1) is 12.7 Å². The minimum absolute atomic E-state index is 0.0163. The summed E-state index contributed by atoms with van der Waals surface area (Å²) in [4.78, 5) is 11.5. The molecule has 0 atom stereocenters. The maximum Gasteiger partial charge on any atom is 0.416 e. The number of carbonyl (C=O) groups is 1. The Kier molecular flexibility index (Phi) is 6.74. The third kappa shape index (κ3) is 5.15. The molecule has 0 saturated heterocycles. The van der Waals surface area contributed by atoms with Crippen molar-refractivity contribution in [3.05, 3.63) is 63.7 Å². The van der Waals surface area contributed by atoms with Gasteiger partial charge in [0.25, 0.3) is 0 Å². The average molecular weight is 420 g/mol. The van der Waals surface area contributed by atoms with E-state index < -0.39 is 17.7 Å². The van der Waals surface area contributed by atoms with E-state index in [1.54, 1.807) is 6.07 Å². The Hall–Kier alpha value is -2.50. The molecule has 3 nitrogen and oxygen atoms in total. The molecule has 0 aromatic heterocycles. The van der Waals surface area contributed by atoms with E-state index in [-0.39, 0.29) is 25.0 Å². The first-order valence-corrected chi connectivity index (χ1v) is 10.3. The maximum atomic E-state index is 13.7. The molecular formula is C24H27F3O3. The van der Waals surface area contributed by atoms with Gasteiger partial charge in [0.1, 0.15) is 12.4 Å². The topological polar surface area (TPSA) is 35.5 Å². The quantitative estimate of drug-likeness (QED) is 0.481.